The van der Waals surface area contributed by atoms with Crippen molar-refractivity contribution in [2.45, 2.75) is 19.8 Å². The lowest BCUT2D eigenvalue weighted by Gasteiger charge is -2.20. The molecule has 0 saturated heterocycles. The molecule has 1 aromatic rings. The van der Waals surface area contributed by atoms with Gasteiger partial charge in [0.25, 0.3) is 0 Å². The van der Waals surface area contributed by atoms with Gasteiger partial charge in [-0.3, -0.25) is 0 Å². The second kappa shape index (κ2) is 5.76. The van der Waals surface area contributed by atoms with Crippen molar-refractivity contribution in [1.82, 2.24) is 5.32 Å². The number of benzene rings is 1. The van der Waals surface area contributed by atoms with E-state index in [4.69, 9.17) is 4.74 Å². The Labute approximate surface area is 92.6 Å². The number of ether oxygens (including phenoxy) is 1. The minimum absolute atomic E-state index is 0.573. The van der Waals surface area contributed by atoms with Crippen molar-refractivity contribution < 1.29 is 4.74 Å². The quantitative estimate of drug-likeness (QED) is 0.801. The van der Waals surface area contributed by atoms with Crippen molar-refractivity contribution >= 4 is 0 Å². The van der Waals surface area contributed by atoms with Gasteiger partial charge in [0.05, 0.1) is 7.11 Å². The lowest BCUT2D eigenvalue weighted by Crippen LogP contribution is -2.20. The minimum atomic E-state index is 0.573. The van der Waals surface area contributed by atoms with Gasteiger partial charge in [-0.15, -0.1) is 0 Å². The highest BCUT2D eigenvalue weighted by Crippen LogP contribution is 2.25. The monoisotopic (exact) mass is 207 g/mol. The lowest BCUT2D eigenvalue weighted by molar-refractivity contribution is 0.413. The van der Waals surface area contributed by atoms with Gasteiger partial charge in [0.1, 0.15) is 5.75 Å². The highest BCUT2D eigenvalue weighted by molar-refractivity contribution is 5.29. The molecule has 0 saturated carbocycles. The molecule has 2 nitrogen and oxygen atoms in total. The van der Waals surface area contributed by atoms with Gasteiger partial charge in [0.15, 0.2) is 0 Å². The molecule has 0 heterocycles. The summed E-state index contributed by atoms with van der Waals surface area (Å²) in [6.45, 7) is 5.59. The largest absolute Gasteiger partial charge is 0.497 e. The first-order valence-electron chi connectivity index (χ1n) is 5.47. The van der Waals surface area contributed by atoms with Gasteiger partial charge in [-0.2, -0.15) is 0 Å². The molecule has 0 aliphatic carbocycles. The molecule has 0 bridgehead atoms. The van der Waals surface area contributed by atoms with Crippen molar-refractivity contribution in [2.75, 3.05) is 20.7 Å². The summed E-state index contributed by atoms with van der Waals surface area (Å²) < 4.78 is 5.14. The van der Waals surface area contributed by atoms with E-state index >= 15 is 0 Å². The fourth-order valence-corrected chi connectivity index (χ4v) is 1.73. The van der Waals surface area contributed by atoms with Gasteiger partial charge in [-0.05, 0) is 43.1 Å². The van der Waals surface area contributed by atoms with Crippen LogP contribution in [-0.2, 0) is 0 Å². The summed E-state index contributed by atoms with van der Waals surface area (Å²) >= 11 is 0. The van der Waals surface area contributed by atoms with Gasteiger partial charge >= 0.3 is 0 Å². The van der Waals surface area contributed by atoms with E-state index in [1.807, 2.05) is 19.2 Å². The summed E-state index contributed by atoms with van der Waals surface area (Å²) in [5, 5.41) is 3.22. The number of hydrogen-bond acceptors (Lipinski definition) is 2. The van der Waals surface area contributed by atoms with E-state index in [2.05, 4.69) is 31.3 Å². The van der Waals surface area contributed by atoms with Crippen LogP contribution in [0.2, 0.25) is 0 Å². The molecule has 1 aromatic carbocycles. The minimum Gasteiger partial charge on any atom is -0.497 e. The molecule has 0 amide bonds. The fraction of sp³-hybridized carbons (Fsp3) is 0.538. The molecule has 1 N–H and O–H groups in total. The predicted octanol–water partition coefficient (Wildman–Crippen LogP) is 2.65. The normalized spacial score (nSPS) is 14.7. The Morgan fingerprint density at radius 2 is 1.80 bits per heavy atom. The summed E-state index contributed by atoms with van der Waals surface area (Å²) in [6.07, 6.45) is 0. The maximum atomic E-state index is 5.14. The molecule has 0 aliphatic rings. The van der Waals surface area contributed by atoms with Gasteiger partial charge in [0, 0.05) is 0 Å². The number of hydrogen-bond donors (Lipinski definition) is 1. The number of methoxy groups -OCH3 is 1. The van der Waals surface area contributed by atoms with Crippen LogP contribution in [0.15, 0.2) is 24.3 Å². The van der Waals surface area contributed by atoms with E-state index in [-0.39, 0.29) is 0 Å². The first kappa shape index (κ1) is 12.1. The van der Waals surface area contributed by atoms with Gasteiger partial charge < -0.3 is 10.1 Å². The van der Waals surface area contributed by atoms with Crippen molar-refractivity contribution in [3.8, 4) is 5.75 Å². The van der Waals surface area contributed by atoms with Gasteiger partial charge in [-0.1, -0.05) is 26.0 Å². The molecule has 0 aliphatic heterocycles. The predicted molar refractivity (Wildman–Crippen MR) is 64.5 cm³/mol. The molecule has 0 radical (unpaired) electrons. The maximum absolute atomic E-state index is 5.14. The summed E-state index contributed by atoms with van der Waals surface area (Å²) in [5.41, 5.74) is 1.37. The van der Waals surface area contributed by atoms with Crippen LogP contribution in [0.4, 0.5) is 0 Å². The van der Waals surface area contributed by atoms with Crippen molar-refractivity contribution in [3.05, 3.63) is 29.8 Å². The van der Waals surface area contributed by atoms with Crippen LogP contribution in [0.5, 0.6) is 5.75 Å². The molecular weight excluding hydrogens is 186 g/mol. The number of nitrogens with one attached hydrogen (secondary N) is 1. The Hall–Kier alpha value is -1.02. The van der Waals surface area contributed by atoms with E-state index in [1.54, 1.807) is 7.11 Å². The van der Waals surface area contributed by atoms with Crippen LogP contribution in [0.25, 0.3) is 0 Å². The van der Waals surface area contributed by atoms with Crippen LogP contribution in [0, 0.1) is 5.92 Å². The van der Waals surface area contributed by atoms with E-state index < -0.39 is 0 Å². The third-order valence-electron chi connectivity index (χ3n) is 3.02. The first-order valence-corrected chi connectivity index (χ1v) is 5.47. The van der Waals surface area contributed by atoms with Crippen LogP contribution < -0.4 is 10.1 Å². The van der Waals surface area contributed by atoms with Crippen LogP contribution in [0.3, 0.4) is 0 Å². The first-order chi connectivity index (χ1) is 7.19. The zero-order chi connectivity index (χ0) is 11.3. The third-order valence-corrected chi connectivity index (χ3v) is 3.02. The molecule has 0 fully saturated rings. The Kier molecular flexibility index (Phi) is 4.63. The van der Waals surface area contributed by atoms with Crippen LogP contribution in [-0.4, -0.2) is 20.7 Å². The Bertz CT molecular complexity index is 281. The molecule has 2 heteroatoms. The molecular formula is C13H21NO. The van der Waals surface area contributed by atoms with Crippen molar-refractivity contribution in [3.63, 3.8) is 0 Å². The third kappa shape index (κ3) is 3.24. The Balaban J connectivity index is 2.69. The fourth-order valence-electron chi connectivity index (χ4n) is 1.73. The second-order valence-electron chi connectivity index (χ2n) is 4.10. The van der Waals surface area contributed by atoms with E-state index in [1.165, 1.54) is 5.56 Å². The molecule has 84 valence electrons. The standard InChI is InChI=1S/C13H21NO/c1-10(9-14-3)11(2)12-5-7-13(15-4)8-6-12/h5-8,10-11,14H,9H2,1-4H3. The highest BCUT2D eigenvalue weighted by Gasteiger charge is 2.13. The topological polar surface area (TPSA) is 21.3 Å². The highest BCUT2D eigenvalue weighted by atomic mass is 16.5. The SMILES string of the molecule is CNCC(C)C(C)c1ccc(OC)cc1. The van der Waals surface area contributed by atoms with E-state index in [9.17, 15) is 0 Å². The average Bonchev–Trinajstić information content (AvgIpc) is 2.28. The zero-order valence-electron chi connectivity index (χ0n) is 10.1. The summed E-state index contributed by atoms with van der Waals surface area (Å²) in [7, 11) is 3.69. The molecule has 1 rings (SSSR count). The van der Waals surface area contributed by atoms with Crippen LogP contribution >= 0.6 is 0 Å². The Morgan fingerprint density at radius 1 is 1.20 bits per heavy atom. The zero-order valence-corrected chi connectivity index (χ0v) is 10.1. The smallest absolute Gasteiger partial charge is 0.118 e. The second-order valence-corrected chi connectivity index (χ2v) is 4.10. The molecule has 0 aromatic heterocycles. The van der Waals surface area contributed by atoms with Crippen molar-refractivity contribution in [2.24, 2.45) is 5.92 Å². The summed E-state index contributed by atoms with van der Waals surface area (Å²) in [4.78, 5) is 0. The molecule has 2 unspecified atom stereocenters. The summed E-state index contributed by atoms with van der Waals surface area (Å²) in [6, 6.07) is 8.35. The van der Waals surface area contributed by atoms with Crippen LogP contribution in [0.1, 0.15) is 25.3 Å². The number of rotatable bonds is 5. The summed E-state index contributed by atoms with van der Waals surface area (Å²) in [5.74, 6) is 2.14. The molecule has 15 heavy (non-hydrogen) atoms. The van der Waals surface area contributed by atoms with Crippen molar-refractivity contribution in [1.29, 1.82) is 0 Å². The maximum Gasteiger partial charge on any atom is 0.118 e. The van der Waals surface area contributed by atoms with E-state index in [0.717, 1.165) is 12.3 Å². The van der Waals surface area contributed by atoms with Gasteiger partial charge in [0.2, 0.25) is 0 Å². The van der Waals surface area contributed by atoms with Gasteiger partial charge in [-0.25, -0.2) is 0 Å². The molecule has 0 spiro atoms. The lowest BCUT2D eigenvalue weighted by atomic mass is 9.89. The average molecular weight is 207 g/mol. The van der Waals surface area contributed by atoms with E-state index in [0.29, 0.717) is 11.8 Å². The molecule has 2 atom stereocenters. The Morgan fingerprint density at radius 3 is 2.27 bits per heavy atom.